The number of rotatable bonds is 6. The van der Waals surface area contributed by atoms with Gasteiger partial charge >= 0.3 is 0 Å². The van der Waals surface area contributed by atoms with Crippen LogP contribution in [-0.2, 0) is 4.79 Å². The van der Waals surface area contributed by atoms with Crippen molar-refractivity contribution in [3.8, 4) is 11.8 Å². The van der Waals surface area contributed by atoms with E-state index in [-0.39, 0.29) is 17.5 Å². The van der Waals surface area contributed by atoms with E-state index < -0.39 is 0 Å². The first kappa shape index (κ1) is 13.9. The van der Waals surface area contributed by atoms with E-state index in [4.69, 9.17) is 10.00 Å². The molecule has 0 bridgehead atoms. The molecule has 2 rings (SSSR count). The monoisotopic (exact) mass is 268 g/mol. The molecule has 1 saturated carbocycles. The van der Waals surface area contributed by atoms with Gasteiger partial charge in [0.05, 0.1) is 0 Å². The van der Waals surface area contributed by atoms with Gasteiger partial charge in [-0.25, -0.2) is 0 Å². The molecule has 0 aliphatic heterocycles. The Morgan fingerprint density at radius 2 is 2.15 bits per heavy atom. The Hall–Kier alpha value is -2.54. The number of benzene rings is 1. The summed E-state index contributed by atoms with van der Waals surface area (Å²) in [7, 11) is 0. The van der Waals surface area contributed by atoms with Gasteiger partial charge in [-0.15, -0.1) is 0 Å². The number of amides is 1. The van der Waals surface area contributed by atoms with Gasteiger partial charge in [0.15, 0.2) is 0 Å². The van der Waals surface area contributed by atoms with Crippen LogP contribution in [0.15, 0.2) is 42.5 Å². The van der Waals surface area contributed by atoms with Crippen LogP contribution in [0.1, 0.15) is 18.4 Å². The predicted molar refractivity (Wildman–Crippen MR) is 76.9 cm³/mol. The molecule has 4 heteroatoms. The second kappa shape index (κ2) is 6.58. The number of nitriles is 1. The van der Waals surface area contributed by atoms with E-state index in [0.717, 1.165) is 24.2 Å². The van der Waals surface area contributed by atoms with Crippen LogP contribution in [-0.4, -0.2) is 18.6 Å². The number of carbonyl (C=O) groups is 1. The Morgan fingerprint density at radius 3 is 2.70 bits per heavy atom. The molecule has 0 atom stereocenters. The van der Waals surface area contributed by atoms with Crippen molar-refractivity contribution in [2.24, 2.45) is 0 Å². The fraction of sp³-hybridized carbons (Fsp3) is 0.250. The van der Waals surface area contributed by atoms with E-state index in [9.17, 15) is 4.79 Å². The minimum Gasteiger partial charge on any atom is -0.490 e. The highest BCUT2D eigenvalue weighted by Gasteiger charge is 2.24. The Labute approximate surface area is 118 Å². The Morgan fingerprint density at radius 1 is 1.45 bits per heavy atom. The second-order valence-electron chi connectivity index (χ2n) is 4.59. The van der Waals surface area contributed by atoms with E-state index in [2.05, 4.69) is 11.9 Å². The van der Waals surface area contributed by atoms with E-state index in [1.807, 2.05) is 6.07 Å². The molecule has 1 aliphatic carbocycles. The second-order valence-corrected chi connectivity index (χ2v) is 4.59. The summed E-state index contributed by atoms with van der Waals surface area (Å²) < 4.78 is 5.37. The summed E-state index contributed by atoms with van der Waals surface area (Å²) in [6.07, 6.45) is 5.25. The molecule has 4 nitrogen and oxygen atoms in total. The van der Waals surface area contributed by atoms with Crippen molar-refractivity contribution in [1.29, 1.82) is 5.26 Å². The van der Waals surface area contributed by atoms with Crippen LogP contribution < -0.4 is 10.1 Å². The molecule has 1 amide bonds. The van der Waals surface area contributed by atoms with Gasteiger partial charge in [0.25, 0.3) is 5.91 Å². The molecule has 0 heterocycles. The van der Waals surface area contributed by atoms with Crippen LogP contribution in [0.25, 0.3) is 6.08 Å². The third-order valence-electron chi connectivity index (χ3n) is 2.84. The Balaban J connectivity index is 2.04. The van der Waals surface area contributed by atoms with Crippen molar-refractivity contribution < 1.29 is 9.53 Å². The molecule has 0 unspecified atom stereocenters. The van der Waals surface area contributed by atoms with Crippen LogP contribution >= 0.6 is 0 Å². The molecule has 0 aromatic heterocycles. The minimum atomic E-state index is -0.304. The van der Waals surface area contributed by atoms with Crippen molar-refractivity contribution >= 4 is 12.0 Å². The lowest BCUT2D eigenvalue weighted by molar-refractivity contribution is -0.117. The van der Waals surface area contributed by atoms with E-state index in [1.165, 1.54) is 0 Å². The van der Waals surface area contributed by atoms with Gasteiger partial charge in [-0.2, -0.15) is 5.26 Å². The number of hydrogen-bond acceptors (Lipinski definition) is 3. The first-order valence-corrected chi connectivity index (χ1v) is 6.49. The van der Waals surface area contributed by atoms with Crippen molar-refractivity contribution in [2.45, 2.75) is 18.9 Å². The van der Waals surface area contributed by atoms with Crippen LogP contribution in [0.3, 0.4) is 0 Å². The first-order valence-electron chi connectivity index (χ1n) is 6.49. The fourth-order valence-electron chi connectivity index (χ4n) is 1.62. The summed E-state index contributed by atoms with van der Waals surface area (Å²) in [6, 6.07) is 9.38. The SMILES string of the molecule is C=CCOc1ccc(/C=C(\C#N)C(=O)NC2CC2)cc1. The largest absolute Gasteiger partial charge is 0.490 e. The Bertz CT molecular complexity index is 563. The summed E-state index contributed by atoms with van der Waals surface area (Å²) in [6.45, 7) is 4.02. The fourth-order valence-corrected chi connectivity index (χ4v) is 1.62. The molecular weight excluding hydrogens is 252 g/mol. The van der Waals surface area contributed by atoms with Crippen LogP contribution in [0.2, 0.25) is 0 Å². The normalized spacial score (nSPS) is 14.2. The topological polar surface area (TPSA) is 62.1 Å². The van der Waals surface area contributed by atoms with Gasteiger partial charge in [-0.1, -0.05) is 24.8 Å². The number of hydrogen-bond donors (Lipinski definition) is 1. The average molecular weight is 268 g/mol. The van der Waals surface area contributed by atoms with Crippen molar-refractivity contribution in [1.82, 2.24) is 5.32 Å². The molecule has 1 aromatic carbocycles. The smallest absolute Gasteiger partial charge is 0.262 e. The van der Waals surface area contributed by atoms with Crippen molar-refractivity contribution in [3.63, 3.8) is 0 Å². The molecule has 0 saturated heterocycles. The highest BCUT2D eigenvalue weighted by molar-refractivity contribution is 6.01. The van der Waals surface area contributed by atoms with Gasteiger partial charge in [0.2, 0.25) is 0 Å². The lowest BCUT2D eigenvalue weighted by atomic mass is 10.1. The number of nitrogens with one attached hydrogen (secondary N) is 1. The third kappa shape index (κ3) is 3.99. The zero-order chi connectivity index (χ0) is 14.4. The maximum Gasteiger partial charge on any atom is 0.262 e. The molecule has 20 heavy (non-hydrogen) atoms. The van der Waals surface area contributed by atoms with Crippen molar-refractivity contribution in [3.05, 3.63) is 48.1 Å². The molecule has 0 radical (unpaired) electrons. The van der Waals surface area contributed by atoms with Gasteiger partial charge < -0.3 is 10.1 Å². The average Bonchev–Trinajstić information content (AvgIpc) is 3.27. The van der Waals surface area contributed by atoms with E-state index >= 15 is 0 Å². The number of ether oxygens (including phenoxy) is 1. The van der Waals surface area contributed by atoms with Gasteiger partial charge in [-0.3, -0.25) is 4.79 Å². The van der Waals surface area contributed by atoms with Crippen molar-refractivity contribution in [2.75, 3.05) is 6.61 Å². The standard InChI is InChI=1S/C16H16N2O2/c1-2-9-20-15-7-3-12(4-8-15)10-13(11-17)16(19)18-14-5-6-14/h2-4,7-8,10,14H,1,5-6,9H2,(H,18,19)/b13-10+. The zero-order valence-corrected chi connectivity index (χ0v) is 11.1. The van der Waals surface area contributed by atoms with E-state index in [0.29, 0.717) is 6.61 Å². The molecule has 1 aromatic rings. The summed E-state index contributed by atoms with van der Waals surface area (Å²) in [5.74, 6) is 0.421. The highest BCUT2D eigenvalue weighted by Crippen LogP contribution is 2.20. The molecule has 102 valence electrons. The Kier molecular flexibility index (Phi) is 4.56. The predicted octanol–water partition coefficient (Wildman–Crippen LogP) is 2.44. The molecule has 1 fully saturated rings. The minimum absolute atomic E-state index is 0.122. The van der Waals surface area contributed by atoms with Crippen LogP contribution in [0, 0.1) is 11.3 Å². The van der Waals surface area contributed by atoms with Gasteiger partial charge in [0.1, 0.15) is 24.0 Å². The highest BCUT2D eigenvalue weighted by atomic mass is 16.5. The molecule has 1 N–H and O–H groups in total. The van der Waals surface area contributed by atoms with Gasteiger partial charge in [-0.05, 0) is 36.6 Å². The number of carbonyl (C=O) groups excluding carboxylic acids is 1. The lowest BCUT2D eigenvalue weighted by Crippen LogP contribution is -2.26. The summed E-state index contributed by atoms with van der Waals surface area (Å²) in [5.41, 5.74) is 0.912. The first-order chi connectivity index (χ1) is 9.72. The molecule has 0 spiro atoms. The lowest BCUT2D eigenvalue weighted by Gasteiger charge is -2.04. The summed E-state index contributed by atoms with van der Waals surface area (Å²) in [4.78, 5) is 11.8. The van der Waals surface area contributed by atoms with Gasteiger partial charge in [0, 0.05) is 6.04 Å². The quantitative estimate of drug-likeness (QED) is 0.489. The summed E-state index contributed by atoms with van der Waals surface area (Å²) >= 11 is 0. The maximum atomic E-state index is 11.8. The third-order valence-corrected chi connectivity index (χ3v) is 2.84. The molecule has 1 aliphatic rings. The zero-order valence-electron chi connectivity index (χ0n) is 11.1. The molecular formula is C16H16N2O2. The number of nitrogens with zero attached hydrogens (tertiary/aromatic N) is 1. The maximum absolute atomic E-state index is 11.8. The summed E-state index contributed by atoms with van der Waals surface area (Å²) in [5, 5.41) is 11.8. The van der Waals surface area contributed by atoms with Crippen LogP contribution in [0.4, 0.5) is 0 Å². The van der Waals surface area contributed by atoms with Crippen LogP contribution in [0.5, 0.6) is 5.75 Å². The van der Waals surface area contributed by atoms with E-state index in [1.54, 1.807) is 36.4 Å².